The van der Waals surface area contributed by atoms with Gasteiger partial charge in [-0.15, -0.1) is 0 Å². The second-order valence-corrected chi connectivity index (χ2v) is 5.31. The summed E-state index contributed by atoms with van der Waals surface area (Å²) in [5.41, 5.74) is -0.735. The maximum absolute atomic E-state index is 12.1. The van der Waals surface area contributed by atoms with Crippen LogP contribution in [0, 0.1) is 11.3 Å². The summed E-state index contributed by atoms with van der Waals surface area (Å²) in [6.07, 6.45) is 3.31. The molecule has 5 heteroatoms. The first-order chi connectivity index (χ1) is 11.1. The molecule has 122 valence electrons. The Morgan fingerprint density at radius 1 is 1.09 bits per heavy atom. The van der Waals surface area contributed by atoms with Crippen LogP contribution in [0.3, 0.4) is 0 Å². The van der Waals surface area contributed by atoms with Crippen molar-refractivity contribution in [2.24, 2.45) is 11.3 Å². The summed E-state index contributed by atoms with van der Waals surface area (Å²) in [5, 5.41) is 0. The molecule has 0 aromatic heterocycles. The average Bonchev–Trinajstić information content (AvgIpc) is 3.30. The van der Waals surface area contributed by atoms with Crippen LogP contribution in [0.15, 0.2) is 42.5 Å². The molecule has 0 bridgehead atoms. The number of rotatable bonds is 7. The summed E-state index contributed by atoms with van der Waals surface area (Å²) in [7, 11) is 0. The van der Waals surface area contributed by atoms with Crippen molar-refractivity contribution in [3.63, 3.8) is 0 Å². The largest absolute Gasteiger partial charge is 0.465 e. The molecule has 5 nitrogen and oxygen atoms in total. The smallest absolute Gasteiger partial charge is 0.324 e. The summed E-state index contributed by atoms with van der Waals surface area (Å²) in [6.45, 7) is 3.75. The second-order valence-electron chi connectivity index (χ2n) is 5.31. The van der Waals surface area contributed by atoms with Crippen LogP contribution in [-0.2, 0) is 19.1 Å². The van der Waals surface area contributed by atoms with Crippen molar-refractivity contribution in [1.29, 1.82) is 0 Å². The molecular formula is C18H20O5. The fraction of sp³-hybridized carbons (Fsp3) is 0.389. The van der Waals surface area contributed by atoms with Gasteiger partial charge in [-0.1, -0.05) is 36.4 Å². The average molecular weight is 316 g/mol. The molecule has 0 saturated heterocycles. The zero-order chi connectivity index (χ0) is 16.9. The maximum atomic E-state index is 12.1. The van der Waals surface area contributed by atoms with Crippen LogP contribution in [0.4, 0.5) is 0 Å². The third kappa shape index (κ3) is 3.50. The first-order valence-corrected chi connectivity index (χ1v) is 7.68. The predicted octanol–water partition coefficient (Wildman–Crippen LogP) is 2.56. The molecule has 0 amide bonds. The summed E-state index contributed by atoms with van der Waals surface area (Å²) in [6, 6.07) is 8.81. The van der Waals surface area contributed by atoms with Crippen LogP contribution in [0.5, 0.6) is 0 Å². The highest BCUT2D eigenvalue weighted by molar-refractivity contribution is 6.06. The third-order valence-electron chi connectivity index (χ3n) is 3.83. The van der Waals surface area contributed by atoms with Gasteiger partial charge in [0.25, 0.3) is 0 Å². The van der Waals surface area contributed by atoms with E-state index in [0.717, 1.165) is 0 Å². The Kier molecular flexibility index (Phi) is 5.32. The molecule has 1 aliphatic carbocycles. The van der Waals surface area contributed by atoms with Gasteiger partial charge >= 0.3 is 11.9 Å². The number of ketones is 1. The standard InChI is InChI=1S/C18H20O5/c1-3-22-16(20)18(17(21)23-4-2)12-14(18)10-11-15(19)13-8-6-5-7-9-13/h5-11,14H,3-4,12H2,1-2H3/b11-10+. The van der Waals surface area contributed by atoms with Crippen LogP contribution < -0.4 is 0 Å². The van der Waals surface area contributed by atoms with Gasteiger partial charge in [0.05, 0.1) is 13.2 Å². The van der Waals surface area contributed by atoms with E-state index in [9.17, 15) is 14.4 Å². The van der Waals surface area contributed by atoms with E-state index in [1.165, 1.54) is 6.08 Å². The van der Waals surface area contributed by atoms with Crippen LogP contribution in [0.1, 0.15) is 30.6 Å². The molecule has 0 N–H and O–H groups in total. The number of hydrogen-bond acceptors (Lipinski definition) is 5. The zero-order valence-electron chi connectivity index (χ0n) is 13.3. The fourth-order valence-electron chi connectivity index (χ4n) is 2.49. The number of carbonyl (C=O) groups is 3. The van der Waals surface area contributed by atoms with E-state index >= 15 is 0 Å². The number of esters is 2. The van der Waals surface area contributed by atoms with Crippen molar-refractivity contribution >= 4 is 17.7 Å². The lowest BCUT2D eigenvalue weighted by Gasteiger charge is -2.13. The van der Waals surface area contributed by atoms with Gasteiger partial charge in [-0.25, -0.2) is 0 Å². The van der Waals surface area contributed by atoms with E-state index in [1.54, 1.807) is 44.2 Å². The van der Waals surface area contributed by atoms with Gasteiger partial charge in [-0.3, -0.25) is 14.4 Å². The Balaban J connectivity index is 2.11. The number of hydrogen-bond donors (Lipinski definition) is 0. The summed E-state index contributed by atoms with van der Waals surface area (Å²) in [5.74, 6) is -1.70. The molecule has 1 unspecified atom stereocenters. The lowest BCUT2D eigenvalue weighted by molar-refractivity contribution is -0.164. The highest BCUT2D eigenvalue weighted by Crippen LogP contribution is 2.55. The SMILES string of the molecule is CCOC(=O)C1(C(=O)OCC)CC1/C=C/C(=O)c1ccccc1. The van der Waals surface area contributed by atoms with Gasteiger partial charge in [0, 0.05) is 11.5 Å². The van der Waals surface area contributed by atoms with Crippen molar-refractivity contribution in [2.75, 3.05) is 13.2 Å². The molecule has 0 heterocycles. The quantitative estimate of drug-likeness (QED) is 0.335. The normalized spacial score (nSPS) is 18.4. The third-order valence-corrected chi connectivity index (χ3v) is 3.83. The highest BCUT2D eigenvalue weighted by Gasteiger charge is 2.67. The minimum atomic E-state index is -1.29. The van der Waals surface area contributed by atoms with Gasteiger partial charge in [0.2, 0.25) is 0 Å². The van der Waals surface area contributed by atoms with E-state index in [0.29, 0.717) is 12.0 Å². The highest BCUT2D eigenvalue weighted by atomic mass is 16.6. The molecule has 1 aliphatic rings. The topological polar surface area (TPSA) is 69.7 Å². The van der Waals surface area contributed by atoms with Crippen molar-refractivity contribution in [1.82, 2.24) is 0 Å². The van der Waals surface area contributed by atoms with Crippen LogP contribution >= 0.6 is 0 Å². The predicted molar refractivity (Wildman–Crippen MR) is 83.7 cm³/mol. The zero-order valence-corrected chi connectivity index (χ0v) is 13.3. The van der Waals surface area contributed by atoms with Crippen LogP contribution in [0.25, 0.3) is 0 Å². The lowest BCUT2D eigenvalue weighted by atomic mass is 10.0. The molecule has 0 radical (unpaired) electrons. The first-order valence-electron chi connectivity index (χ1n) is 7.68. The van der Waals surface area contributed by atoms with Crippen molar-refractivity contribution < 1.29 is 23.9 Å². The van der Waals surface area contributed by atoms with E-state index in [-0.39, 0.29) is 24.9 Å². The second kappa shape index (κ2) is 7.22. The van der Waals surface area contributed by atoms with E-state index in [2.05, 4.69) is 0 Å². The molecule has 0 spiro atoms. The van der Waals surface area contributed by atoms with Crippen molar-refractivity contribution in [3.8, 4) is 0 Å². The molecule has 1 fully saturated rings. The molecule has 0 aliphatic heterocycles. The van der Waals surface area contributed by atoms with E-state index < -0.39 is 17.4 Å². The number of benzene rings is 1. The monoisotopic (exact) mass is 316 g/mol. The fourth-order valence-corrected chi connectivity index (χ4v) is 2.49. The Morgan fingerprint density at radius 3 is 2.17 bits per heavy atom. The summed E-state index contributed by atoms with van der Waals surface area (Å²) in [4.78, 5) is 36.3. The Labute approximate surface area is 135 Å². The molecule has 1 saturated carbocycles. The molecule has 23 heavy (non-hydrogen) atoms. The van der Waals surface area contributed by atoms with Gasteiger partial charge in [-0.2, -0.15) is 0 Å². The Bertz CT molecular complexity index is 600. The minimum absolute atomic E-state index is 0.167. The van der Waals surface area contributed by atoms with Gasteiger partial charge in [-0.05, 0) is 26.3 Å². The van der Waals surface area contributed by atoms with Gasteiger partial charge in [0.15, 0.2) is 11.2 Å². The van der Waals surface area contributed by atoms with Gasteiger partial charge in [0.1, 0.15) is 0 Å². The van der Waals surface area contributed by atoms with Crippen molar-refractivity contribution in [2.45, 2.75) is 20.3 Å². The number of carbonyl (C=O) groups excluding carboxylic acids is 3. The van der Waals surface area contributed by atoms with Crippen LogP contribution in [-0.4, -0.2) is 30.9 Å². The van der Waals surface area contributed by atoms with Crippen molar-refractivity contribution in [3.05, 3.63) is 48.0 Å². The van der Waals surface area contributed by atoms with Gasteiger partial charge < -0.3 is 9.47 Å². The minimum Gasteiger partial charge on any atom is -0.465 e. The molecular weight excluding hydrogens is 296 g/mol. The summed E-state index contributed by atoms with van der Waals surface area (Å²) >= 11 is 0. The summed E-state index contributed by atoms with van der Waals surface area (Å²) < 4.78 is 10.00. The molecule has 2 rings (SSSR count). The van der Waals surface area contributed by atoms with Crippen LogP contribution in [0.2, 0.25) is 0 Å². The Morgan fingerprint density at radius 2 is 1.65 bits per heavy atom. The maximum Gasteiger partial charge on any atom is 0.324 e. The molecule has 1 aromatic carbocycles. The molecule has 1 atom stereocenters. The first kappa shape index (κ1) is 16.9. The number of allylic oxidation sites excluding steroid dienone is 2. The Hall–Kier alpha value is -2.43. The molecule has 1 aromatic rings. The lowest BCUT2D eigenvalue weighted by Crippen LogP contribution is -2.31. The van der Waals surface area contributed by atoms with E-state index in [1.807, 2.05) is 6.07 Å². The number of ether oxygens (including phenoxy) is 2. The van der Waals surface area contributed by atoms with E-state index in [4.69, 9.17) is 9.47 Å².